The molecule has 4 rings (SSSR count). The molecule has 0 aliphatic heterocycles. The average molecular weight is 292 g/mol. The van der Waals surface area contributed by atoms with Gasteiger partial charge in [0, 0.05) is 10.9 Å². The van der Waals surface area contributed by atoms with Crippen molar-refractivity contribution in [2.45, 2.75) is 6.92 Å². The second kappa shape index (κ2) is 4.49. The van der Waals surface area contributed by atoms with Crippen LogP contribution in [0.2, 0.25) is 0 Å². The Morgan fingerprint density at radius 2 is 1.90 bits per heavy atom. The second-order valence-corrected chi connectivity index (χ2v) is 5.38. The van der Waals surface area contributed by atoms with Gasteiger partial charge < -0.3 is 0 Å². The molecule has 5 heteroatoms. The van der Waals surface area contributed by atoms with E-state index in [2.05, 4.69) is 29.1 Å². The van der Waals surface area contributed by atoms with Crippen molar-refractivity contribution in [3.8, 4) is 11.4 Å². The summed E-state index contributed by atoms with van der Waals surface area (Å²) in [5, 5.41) is 4.23. The molecule has 0 aliphatic rings. The summed E-state index contributed by atoms with van der Waals surface area (Å²) < 4.78 is 2.24. The summed E-state index contributed by atoms with van der Waals surface area (Å²) in [5.41, 5.74) is 3.91. The first kappa shape index (κ1) is 12.2. The van der Waals surface area contributed by atoms with Gasteiger partial charge in [0.05, 0.1) is 5.52 Å². The van der Waals surface area contributed by atoms with Crippen molar-refractivity contribution in [2.75, 3.05) is 0 Å². The maximum atomic E-state index is 5.35. The van der Waals surface area contributed by atoms with Gasteiger partial charge in [-0.05, 0) is 37.3 Å². The number of hydrogen-bond donors (Lipinski definition) is 1. The zero-order valence-corrected chi connectivity index (χ0v) is 12.2. The van der Waals surface area contributed by atoms with Crippen LogP contribution in [0.15, 0.2) is 48.5 Å². The number of nitrogens with one attached hydrogen (secondary N) is 1. The van der Waals surface area contributed by atoms with Gasteiger partial charge in [-0.3, -0.25) is 5.10 Å². The number of aryl methyl sites for hydroxylation is 1. The maximum absolute atomic E-state index is 5.35. The molecule has 0 spiro atoms. The van der Waals surface area contributed by atoms with Gasteiger partial charge in [-0.2, -0.15) is 0 Å². The molecule has 0 atom stereocenters. The van der Waals surface area contributed by atoms with Crippen molar-refractivity contribution in [1.82, 2.24) is 19.6 Å². The summed E-state index contributed by atoms with van der Waals surface area (Å²) in [6, 6.07) is 16.1. The highest BCUT2D eigenvalue weighted by Crippen LogP contribution is 2.21. The number of fused-ring (bicyclic) bond motifs is 3. The van der Waals surface area contributed by atoms with E-state index in [1.807, 2.05) is 36.4 Å². The van der Waals surface area contributed by atoms with Crippen molar-refractivity contribution < 1.29 is 0 Å². The van der Waals surface area contributed by atoms with E-state index in [9.17, 15) is 0 Å². The molecule has 0 saturated heterocycles. The number of aromatic amines is 1. The Morgan fingerprint density at radius 3 is 2.76 bits per heavy atom. The van der Waals surface area contributed by atoms with E-state index < -0.39 is 0 Å². The lowest BCUT2D eigenvalue weighted by molar-refractivity contribution is 0.918. The lowest BCUT2D eigenvalue weighted by Gasteiger charge is -1.98. The molecule has 102 valence electrons. The predicted molar refractivity (Wildman–Crippen MR) is 85.9 cm³/mol. The van der Waals surface area contributed by atoms with Crippen LogP contribution >= 0.6 is 12.2 Å². The third-order valence-electron chi connectivity index (χ3n) is 3.49. The molecule has 0 unspecified atom stereocenters. The summed E-state index contributed by atoms with van der Waals surface area (Å²) in [5.74, 6) is 0.794. The number of benzene rings is 2. The van der Waals surface area contributed by atoms with Crippen molar-refractivity contribution in [3.05, 3.63) is 58.9 Å². The van der Waals surface area contributed by atoms with Crippen LogP contribution in [0, 0.1) is 11.7 Å². The van der Waals surface area contributed by atoms with Gasteiger partial charge in [-0.15, -0.1) is 0 Å². The van der Waals surface area contributed by atoms with Crippen LogP contribution in [0.5, 0.6) is 0 Å². The first-order valence-electron chi connectivity index (χ1n) is 6.67. The monoisotopic (exact) mass is 292 g/mol. The summed E-state index contributed by atoms with van der Waals surface area (Å²) >= 11 is 5.35. The quantitative estimate of drug-likeness (QED) is 0.541. The van der Waals surface area contributed by atoms with Crippen molar-refractivity contribution in [2.24, 2.45) is 0 Å². The lowest BCUT2D eigenvalue weighted by atomic mass is 10.1. The first-order valence-corrected chi connectivity index (χ1v) is 7.08. The first-order chi connectivity index (χ1) is 10.2. The molecule has 2 aromatic heterocycles. The van der Waals surface area contributed by atoms with E-state index in [1.54, 1.807) is 4.52 Å². The molecule has 4 nitrogen and oxygen atoms in total. The Hall–Kier alpha value is -2.53. The van der Waals surface area contributed by atoms with E-state index in [0.717, 1.165) is 27.9 Å². The predicted octanol–water partition coefficient (Wildman–Crippen LogP) is 3.92. The molecule has 2 aromatic carbocycles. The number of H-pyrrole nitrogens is 1. The van der Waals surface area contributed by atoms with Crippen LogP contribution in [0.25, 0.3) is 27.9 Å². The molecule has 0 radical (unpaired) electrons. The molecule has 4 aromatic rings. The van der Waals surface area contributed by atoms with Crippen LogP contribution in [0.3, 0.4) is 0 Å². The number of aromatic nitrogens is 4. The Bertz CT molecular complexity index is 1030. The Morgan fingerprint density at radius 1 is 1.05 bits per heavy atom. The molecule has 0 fully saturated rings. The van der Waals surface area contributed by atoms with E-state index >= 15 is 0 Å². The van der Waals surface area contributed by atoms with E-state index in [0.29, 0.717) is 4.77 Å². The number of nitrogens with zero attached hydrogens (tertiary/aromatic N) is 3. The molecule has 1 N–H and O–H groups in total. The molecule has 0 bridgehead atoms. The molecule has 0 saturated carbocycles. The van der Waals surface area contributed by atoms with Crippen LogP contribution in [0.1, 0.15) is 5.56 Å². The molecule has 0 amide bonds. The normalized spacial score (nSPS) is 11.3. The van der Waals surface area contributed by atoms with Gasteiger partial charge in [0.15, 0.2) is 11.5 Å². The minimum atomic E-state index is 0.482. The van der Waals surface area contributed by atoms with E-state index in [4.69, 9.17) is 17.2 Å². The highest BCUT2D eigenvalue weighted by atomic mass is 32.1. The summed E-state index contributed by atoms with van der Waals surface area (Å²) in [6.07, 6.45) is 0. The fourth-order valence-corrected chi connectivity index (χ4v) is 2.72. The van der Waals surface area contributed by atoms with Crippen molar-refractivity contribution in [1.29, 1.82) is 0 Å². The standard InChI is InChI=1S/C16H12N4S/c1-10-5-4-6-11(9-10)14-18-15-12-7-2-3-8-13(12)17-16(21)20(15)19-14/h2-9H,1H3,(H,18,19). The summed E-state index contributed by atoms with van der Waals surface area (Å²) in [4.78, 5) is 9.15. The van der Waals surface area contributed by atoms with Crippen molar-refractivity contribution in [3.63, 3.8) is 0 Å². The minimum Gasteiger partial charge on any atom is -0.273 e. The van der Waals surface area contributed by atoms with E-state index in [1.165, 1.54) is 5.56 Å². The van der Waals surface area contributed by atoms with Gasteiger partial charge >= 0.3 is 0 Å². The van der Waals surface area contributed by atoms with Gasteiger partial charge in [-0.1, -0.05) is 35.9 Å². The van der Waals surface area contributed by atoms with Crippen LogP contribution in [-0.2, 0) is 0 Å². The molecule has 0 aliphatic carbocycles. The Labute approximate surface area is 126 Å². The summed E-state index contributed by atoms with van der Waals surface area (Å²) in [6.45, 7) is 2.06. The van der Waals surface area contributed by atoms with Crippen molar-refractivity contribution >= 4 is 28.8 Å². The van der Waals surface area contributed by atoms with Gasteiger partial charge in [0.1, 0.15) is 0 Å². The third kappa shape index (κ3) is 1.94. The highest BCUT2D eigenvalue weighted by molar-refractivity contribution is 7.71. The fourth-order valence-electron chi connectivity index (χ4n) is 2.49. The van der Waals surface area contributed by atoms with Crippen LogP contribution in [0.4, 0.5) is 0 Å². The van der Waals surface area contributed by atoms with Crippen LogP contribution < -0.4 is 0 Å². The lowest BCUT2D eigenvalue weighted by Crippen LogP contribution is -1.94. The molecular weight excluding hydrogens is 280 g/mol. The topological polar surface area (TPSA) is 46.0 Å². The summed E-state index contributed by atoms with van der Waals surface area (Å²) in [7, 11) is 0. The molecule has 21 heavy (non-hydrogen) atoms. The number of rotatable bonds is 1. The number of para-hydroxylation sites is 1. The third-order valence-corrected chi connectivity index (χ3v) is 3.76. The second-order valence-electron chi connectivity index (χ2n) is 5.01. The Balaban J connectivity index is 2.08. The van der Waals surface area contributed by atoms with Gasteiger partial charge in [0.25, 0.3) is 0 Å². The van der Waals surface area contributed by atoms with Gasteiger partial charge in [-0.25, -0.2) is 14.5 Å². The molecule has 2 heterocycles. The minimum absolute atomic E-state index is 0.482. The SMILES string of the molecule is Cc1cccc(-c2nc3c4ccccc4nc(=S)n3[nH]2)c1. The average Bonchev–Trinajstić information content (AvgIpc) is 2.93. The fraction of sp³-hybridized carbons (Fsp3) is 0.0625. The highest BCUT2D eigenvalue weighted by Gasteiger charge is 2.09. The van der Waals surface area contributed by atoms with Gasteiger partial charge in [0.2, 0.25) is 4.77 Å². The largest absolute Gasteiger partial charge is 0.273 e. The van der Waals surface area contributed by atoms with E-state index in [-0.39, 0.29) is 0 Å². The van der Waals surface area contributed by atoms with Crippen LogP contribution in [-0.4, -0.2) is 19.6 Å². The number of hydrogen-bond acceptors (Lipinski definition) is 3. The zero-order valence-electron chi connectivity index (χ0n) is 11.4. The zero-order chi connectivity index (χ0) is 14.4. The maximum Gasteiger partial charge on any atom is 0.221 e. The smallest absolute Gasteiger partial charge is 0.221 e. The Kier molecular flexibility index (Phi) is 2.62. The molecular formula is C16H12N4S.